The molecular weight excluding hydrogens is 128 g/mol. The van der Waals surface area contributed by atoms with Crippen molar-refractivity contribution < 1.29 is 9.84 Å². The number of aliphatic hydroxyl groups is 1. The average Bonchev–Trinajstić information content (AvgIpc) is 1.89. The molecule has 1 N–H and O–H groups in total. The van der Waals surface area contributed by atoms with Crippen LogP contribution in [0, 0.1) is 0 Å². The van der Waals surface area contributed by atoms with Crippen molar-refractivity contribution in [1.29, 1.82) is 0 Å². The number of aliphatic hydroxyl groups excluding tert-OH is 1. The average molecular weight is 146 g/mol. The standard InChI is InChI=1S/C8H18O2/c1-3-5-8(2)10-7-4-6-9/h8-9H,3-7H2,1-2H3/t8-/m0/s1. The van der Waals surface area contributed by atoms with Gasteiger partial charge in [-0.1, -0.05) is 13.3 Å². The van der Waals surface area contributed by atoms with Gasteiger partial charge < -0.3 is 9.84 Å². The van der Waals surface area contributed by atoms with E-state index in [2.05, 4.69) is 13.8 Å². The fraction of sp³-hybridized carbons (Fsp3) is 1.00. The summed E-state index contributed by atoms with van der Waals surface area (Å²) in [5, 5.41) is 8.43. The highest BCUT2D eigenvalue weighted by atomic mass is 16.5. The Morgan fingerprint density at radius 2 is 2.20 bits per heavy atom. The second-order valence-corrected chi connectivity index (χ2v) is 2.55. The lowest BCUT2D eigenvalue weighted by Gasteiger charge is -2.10. The van der Waals surface area contributed by atoms with Crippen LogP contribution >= 0.6 is 0 Å². The van der Waals surface area contributed by atoms with Crippen molar-refractivity contribution in [3.8, 4) is 0 Å². The monoisotopic (exact) mass is 146 g/mol. The summed E-state index contributed by atoms with van der Waals surface area (Å²) in [6, 6.07) is 0. The van der Waals surface area contributed by atoms with Gasteiger partial charge in [-0.2, -0.15) is 0 Å². The molecule has 10 heavy (non-hydrogen) atoms. The largest absolute Gasteiger partial charge is 0.396 e. The smallest absolute Gasteiger partial charge is 0.0546 e. The first-order chi connectivity index (χ1) is 4.81. The van der Waals surface area contributed by atoms with E-state index in [1.165, 1.54) is 6.42 Å². The fourth-order valence-electron chi connectivity index (χ4n) is 0.839. The highest BCUT2D eigenvalue weighted by Gasteiger charge is 1.98. The molecule has 0 saturated heterocycles. The van der Waals surface area contributed by atoms with Gasteiger partial charge in [-0.15, -0.1) is 0 Å². The molecular formula is C8H18O2. The molecule has 0 aliphatic rings. The van der Waals surface area contributed by atoms with E-state index in [0.717, 1.165) is 12.8 Å². The second kappa shape index (κ2) is 7.03. The van der Waals surface area contributed by atoms with E-state index >= 15 is 0 Å². The molecule has 2 nitrogen and oxygen atoms in total. The molecule has 0 fully saturated rings. The quantitative estimate of drug-likeness (QED) is 0.576. The lowest BCUT2D eigenvalue weighted by molar-refractivity contribution is 0.0502. The van der Waals surface area contributed by atoms with Gasteiger partial charge in [0.1, 0.15) is 0 Å². The third-order valence-electron chi connectivity index (χ3n) is 1.40. The Bertz CT molecular complexity index is 64.3. The molecule has 0 aliphatic carbocycles. The molecule has 0 amide bonds. The Kier molecular flexibility index (Phi) is 6.98. The second-order valence-electron chi connectivity index (χ2n) is 2.55. The number of hydrogen-bond acceptors (Lipinski definition) is 2. The van der Waals surface area contributed by atoms with Gasteiger partial charge in [0.25, 0.3) is 0 Å². The summed E-state index contributed by atoms with van der Waals surface area (Å²) in [5.41, 5.74) is 0. The van der Waals surface area contributed by atoms with Gasteiger partial charge in [0.05, 0.1) is 6.10 Å². The Balaban J connectivity index is 2.97. The molecule has 0 heterocycles. The lowest BCUT2D eigenvalue weighted by atomic mass is 10.2. The summed E-state index contributed by atoms with van der Waals surface area (Å²) >= 11 is 0. The van der Waals surface area contributed by atoms with Gasteiger partial charge in [0.15, 0.2) is 0 Å². The van der Waals surface area contributed by atoms with Crippen molar-refractivity contribution in [3.63, 3.8) is 0 Å². The highest BCUT2D eigenvalue weighted by Crippen LogP contribution is 2.00. The molecule has 0 spiro atoms. The van der Waals surface area contributed by atoms with Crippen molar-refractivity contribution in [2.45, 2.75) is 39.2 Å². The van der Waals surface area contributed by atoms with Crippen LogP contribution in [0.2, 0.25) is 0 Å². The molecule has 2 heteroatoms. The number of ether oxygens (including phenoxy) is 1. The summed E-state index contributed by atoms with van der Waals surface area (Å²) in [5.74, 6) is 0. The van der Waals surface area contributed by atoms with Crippen LogP contribution in [-0.4, -0.2) is 24.4 Å². The molecule has 0 saturated carbocycles. The minimum atomic E-state index is 0.235. The number of hydrogen-bond donors (Lipinski definition) is 1. The Morgan fingerprint density at radius 1 is 1.50 bits per heavy atom. The SMILES string of the molecule is CCC[C@H](C)OCCCO. The normalized spacial score (nSPS) is 13.5. The maximum absolute atomic E-state index is 8.43. The fourth-order valence-corrected chi connectivity index (χ4v) is 0.839. The summed E-state index contributed by atoms with van der Waals surface area (Å²) in [6.45, 7) is 5.14. The summed E-state index contributed by atoms with van der Waals surface area (Å²) < 4.78 is 5.36. The Labute approximate surface area is 63.2 Å². The molecule has 0 aromatic carbocycles. The van der Waals surface area contributed by atoms with Gasteiger partial charge in [-0.25, -0.2) is 0 Å². The molecule has 0 bridgehead atoms. The van der Waals surface area contributed by atoms with Crippen molar-refractivity contribution >= 4 is 0 Å². The van der Waals surface area contributed by atoms with Crippen molar-refractivity contribution in [2.75, 3.05) is 13.2 Å². The molecule has 1 atom stereocenters. The van der Waals surface area contributed by atoms with E-state index < -0.39 is 0 Å². The molecule has 0 rings (SSSR count). The van der Waals surface area contributed by atoms with Crippen molar-refractivity contribution in [2.24, 2.45) is 0 Å². The predicted molar refractivity (Wildman–Crippen MR) is 42.0 cm³/mol. The van der Waals surface area contributed by atoms with Crippen LogP contribution in [0.15, 0.2) is 0 Å². The van der Waals surface area contributed by atoms with E-state index in [1.54, 1.807) is 0 Å². The topological polar surface area (TPSA) is 29.5 Å². The van der Waals surface area contributed by atoms with Gasteiger partial charge in [-0.05, 0) is 19.8 Å². The maximum Gasteiger partial charge on any atom is 0.0546 e. The van der Waals surface area contributed by atoms with Crippen LogP contribution in [0.5, 0.6) is 0 Å². The third-order valence-corrected chi connectivity index (χ3v) is 1.40. The Morgan fingerprint density at radius 3 is 2.70 bits per heavy atom. The molecule has 0 aromatic rings. The van der Waals surface area contributed by atoms with Gasteiger partial charge in [-0.3, -0.25) is 0 Å². The van der Waals surface area contributed by atoms with E-state index in [0.29, 0.717) is 12.7 Å². The third kappa shape index (κ3) is 6.05. The van der Waals surface area contributed by atoms with Crippen molar-refractivity contribution in [3.05, 3.63) is 0 Å². The van der Waals surface area contributed by atoms with E-state index in [1.807, 2.05) is 0 Å². The van der Waals surface area contributed by atoms with Crippen LogP contribution in [-0.2, 0) is 4.74 Å². The van der Waals surface area contributed by atoms with Crippen LogP contribution in [0.25, 0.3) is 0 Å². The first kappa shape index (κ1) is 9.92. The highest BCUT2D eigenvalue weighted by molar-refractivity contribution is 4.47. The van der Waals surface area contributed by atoms with E-state index in [9.17, 15) is 0 Å². The minimum absolute atomic E-state index is 0.235. The molecule has 62 valence electrons. The van der Waals surface area contributed by atoms with Crippen LogP contribution in [0.3, 0.4) is 0 Å². The predicted octanol–water partition coefficient (Wildman–Crippen LogP) is 1.57. The summed E-state index contributed by atoms with van der Waals surface area (Å²) in [6.07, 6.45) is 3.40. The van der Waals surface area contributed by atoms with Crippen LogP contribution in [0.4, 0.5) is 0 Å². The molecule has 0 radical (unpaired) electrons. The zero-order valence-electron chi connectivity index (χ0n) is 6.97. The first-order valence-electron chi connectivity index (χ1n) is 4.03. The van der Waals surface area contributed by atoms with Gasteiger partial charge in [0, 0.05) is 13.2 Å². The Hall–Kier alpha value is -0.0800. The lowest BCUT2D eigenvalue weighted by Crippen LogP contribution is -2.09. The van der Waals surface area contributed by atoms with Crippen LogP contribution < -0.4 is 0 Å². The first-order valence-corrected chi connectivity index (χ1v) is 4.03. The zero-order valence-corrected chi connectivity index (χ0v) is 6.97. The molecule has 0 aliphatic heterocycles. The minimum Gasteiger partial charge on any atom is -0.396 e. The van der Waals surface area contributed by atoms with E-state index in [-0.39, 0.29) is 6.61 Å². The summed E-state index contributed by atoms with van der Waals surface area (Å²) in [7, 11) is 0. The molecule has 0 unspecified atom stereocenters. The van der Waals surface area contributed by atoms with Gasteiger partial charge >= 0.3 is 0 Å². The van der Waals surface area contributed by atoms with Crippen molar-refractivity contribution in [1.82, 2.24) is 0 Å². The van der Waals surface area contributed by atoms with Gasteiger partial charge in [0.2, 0.25) is 0 Å². The zero-order chi connectivity index (χ0) is 7.82. The van der Waals surface area contributed by atoms with Crippen LogP contribution in [0.1, 0.15) is 33.1 Å². The van der Waals surface area contributed by atoms with E-state index in [4.69, 9.17) is 9.84 Å². The number of rotatable bonds is 6. The maximum atomic E-state index is 8.43. The molecule has 0 aromatic heterocycles. The summed E-state index contributed by atoms with van der Waals surface area (Å²) in [4.78, 5) is 0.